The number of amides is 4. The van der Waals surface area contributed by atoms with Gasteiger partial charge in [0.05, 0.1) is 5.56 Å². The van der Waals surface area contributed by atoms with Crippen LogP contribution in [0.15, 0.2) is 59.5 Å². The van der Waals surface area contributed by atoms with E-state index in [2.05, 4.69) is 76.1 Å². The van der Waals surface area contributed by atoms with Crippen LogP contribution in [0, 0.1) is 0 Å². The SMILES string of the molecule is CCc1cc2c(cc1N1CCC(N3CCN(C(=O)CCCCCCSc4cccc5c4CN(C4CCC(=O)NC4=O)C5=O)CC3)CC1)C(C)(C)c1[nH]c3ccccc3c1C2=O. The third-order valence-electron chi connectivity index (χ3n) is 14.1. The van der Waals surface area contributed by atoms with E-state index in [1.54, 1.807) is 16.7 Å². The van der Waals surface area contributed by atoms with Gasteiger partial charge in [-0.2, -0.15) is 0 Å². The lowest BCUT2D eigenvalue weighted by atomic mass is 9.70. The van der Waals surface area contributed by atoms with E-state index >= 15 is 0 Å². The maximum absolute atomic E-state index is 14.1. The van der Waals surface area contributed by atoms with Crippen LogP contribution in [0.5, 0.6) is 0 Å². The van der Waals surface area contributed by atoms with E-state index in [-0.39, 0.29) is 41.2 Å². The number of para-hydroxylation sites is 1. The summed E-state index contributed by atoms with van der Waals surface area (Å²) in [4.78, 5) is 78.0. The summed E-state index contributed by atoms with van der Waals surface area (Å²) in [7, 11) is 0. The van der Waals surface area contributed by atoms with Gasteiger partial charge in [-0.15, -0.1) is 11.8 Å². The Kier molecular flexibility index (Phi) is 11.6. The second-order valence-corrected chi connectivity index (χ2v) is 19.2. The molecule has 12 heteroatoms. The number of rotatable bonds is 12. The lowest BCUT2D eigenvalue weighted by Gasteiger charge is -2.44. The monoisotopic (exact) mass is 842 g/mol. The van der Waals surface area contributed by atoms with Gasteiger partial charge in [0.1, 0.15) is 6.04 Å². The Morgan fingerprint density at radius 1 is 0.852 bits per heavy atom. The maximum atomic E-state index is 14.1. The van der Waals surface area contributed by atoms with E-state index < -0.39 is 6.04 Å². The first kappa shape index (κ1) is 41.4. The van der Waals surface area contributed by atoms with Crippen LogP contribution in [0.2, 0.25) is 0 Å². The van der Waals surface area contributed by atoms with Crippen LogP contribution >= 0.6 is 11.8 Å². The van der Waals surface area contributed by atoms with Gasteiger partial charge in [0.25, 0.3) is 5.91 Å². The number of imide groups is 1. The molecule has 5 aliphatic rings. The predicted molar refractivity (Wildman–Crippen MR) is 239 cm³/mol. The summed E-state index contributed by atoms with van der Waals surface area (Å²) < 4.78 is 0. The first-order chi connectivity index (χ1) is 29.5. The van der Waals surface area contributed by atoms with Crippen LogP contribution in [0.3, 0.4) is 0 Å². The van der Waals surface area contributed by atoms with E-state index in [4.69, 9.17) is 0 Å². The molecule has 5 heterocycles. The summed E-state index contributed by atoms with van der Waals surface area (Å²) in [5, 5.41) is 3.38. The van der Waals surface area contributed by atoms with E-state index in [1.807, 2.05) is 24.3 Å². The number of piperazine rings is 1. The molecule has 4 amide bonds. The van der Waals surface area contributed by atoms with Crippen molar-refractivity contribution < 1.29 is 24.0 Å². The van der Waals surface area contributed by atoms with E-state index in [9.17, 15) is 24.0 Å². The molecular weight excluding hydrogens is 785 g/mol. The minimum atomic E-state index is -0.604. The van der Waals surface area contributed by atoms with Gasteiger partial charge in [-0.25, -0.2) is 0 Å². The molecule has 1 unspecified atom stereocenters. The van der Waals surface area contributed by atoms with Crippen LogP contribution in [0.25, 0.3) is 10.9 Å². The first-order valence-corrected chi connectivity index (χ1v) is 23.5. The molecule has 0 bridgehead atoms. The second-order valence-electron chi connectivity index (χ2n) is 18.1. The van der Waals surface area contributed by atoms with Crippen molar-refractivity contribution >= 4 is 57.8 Å². The number of carbonyl (C=O) groups is 5. The van der Waals surface area contributed by atoms with Crippen LogP contribution < -0.4 is 10.2 Å². The Bertz CT molecular complexity index is 2390. The minimum absolute atomic E-state index is 0.127. The number of piperidine rings is 2. The maximum Gasteiger partial charge on any atom is 0.255 e. The van der Waals surface area contributed by atoms with Gasteiger partial charge >= 0.3 is 0 Å². The van der Waals surface area contributed by atoms with Gasteiger partial charge in [-0.3, -0.25) is 34.2 Å². The Morgan fingerprint density at radius 3 is 2.39 bits per heavy atom. The molecule has 1 atom stereocenters. The summed E-state index contributed by atoms with van der Waals surface area (Å²) in [6, 6.07) is 18.4. The van der Waals surface area contributed by atoms with Crippen molar-refractivity contribution in [2.24, 2.45) is 0 Å². The van der Waals surface area contributed by atoms with Gasteiger partial charge in [-0.05, 0) is 91.3 Å². The van der Waals surface area contributed by atoms with Gasteiger partial charge in [0.2, 0.25) is 17.7 Å². The van der Waals surface area contributed by atoms with Crippen LogP contribution in [0.1, 0.15) is 127 Å². The molecular formula is C49H58N6O5S. The number of unbranched alkanes of at least 4 members (excludes halogenated alkanes) is 3. The van der Waals surface area contributed by atoms with Crippen LogP contribution in [-0.2, 0) is 32.8 Å². The van der Waals surface area contributed by atoms with Gasteiger partial charge in [0, 0.05) is 108 Å². The van der Waals surface area contributed by atoms with Crippen molar-refractivity contribution in [2.75, 3.05) is 49.9 Å². The first-order valence-electron chi connectivity index (χ1n) is 22.5. The van der Waals surface area contributed by atoms with Crippen molar-refractivity contribution in [1.82, 2.24) is 25.0 Å². The molecule has 2 N–H and O–H groups in total. The standard InChI is InChI=1S/C49H58N6O5S/c1-4-31-28-35-37(49(2,3)46-44(45(35)58)34-12-8-9-14-38(34)50-46)29-40(31)53-21-19-32(20-22-53)52-23-25-54(26-24-52)43(57)16-7-5-6-10-27-61-41-15-11-13-33-36(41)30-55(48(33)60)39-17-18-42(56)51-47(39)59/h8-9,11-15,28-29,32,39,50H,4-7,10,16-27,30H2,1-3H3,(H,51,56,59). The average molecular weight is 843 g/mol. The van der Waals surface area contributed by atoms with Gasteiger partial charge in [-0.1, -0.05) is 57.9 Å². The van der Waals surface area contributed by atoms with Crippen LogP contribution in [0.4, 0.5) is 5.69 Å². The number of carbonyl (C=O) groups excluding carboxylic acids is 5. The molecule has 4 aromatic rings. The van der Waals surface area contributed by atoms with Crippen LogP contribution in [-0.4, -0.2) is 106 Å². The number of H-pyrrole nitrogens is 1. The Hall–Kier alpha value is -4.94. The third kappa shape index (κ3) is 7.79. The molecule has 3 saturated heterocycles. The average Bonchev–Trinajstić information content (AvgIpc) is 3.84. The fraction of sp³-hybridized carbons (Fsp3) is 0.490. The number of fused-ring (bicyclic) bond motifs is 5. The Morgan fingerprint density at radius 2 is 1.62 bits per heavy atom. The van der Waals surface area contributed by atoms with Crippen molar-refractivity contribution in [2.45, 2.75) is 114 Å². The topological polar surface area (TPSA) is 126 Å². The Labute approximate surface area is 363 Å². The molecule has 11 nitrogen and oxygen atoms in total. The molecule has 0 spiro atoms. The Balaban J connectivity index is 0.703. The van der Waals surface area contributed by atoms with Crippen molar-refractivity contribution in [3.05, 3.63) is 93.7 Å². The highest BCUT2D eigenvalue weighted by atomic mass is 32.2. The molecule has 61 heavy (non-hydrogen) atoms. The summed E-state index contributed by atoms with van der Waals surface area (Å²) in [5.74, 6) is 0.524. The molecule has 1 aliphatic carbocycles. The fourth-order valence-electron chi connectivity index (χ4n) is 10.6. The molecule has 4 aliphatic heterocycles. The van der Waals surface area contributed by atoms with E-state index in [0.717, 1.165) is 134 Å². The highest BCUT2D eigenvalue weighted by Gasteiger charge is 2.42. The summed E-state index contributed by atoms with van der Waals surface area (Å²) in [5.41, 5.74) is 8.62. The highest BCUT2D eigenvalue weighted by molar-refractivity contribution is 7.99. The van der Waals surface area contributed by atoms with Crippen molar-refractivity contribution in [1.29, 1.82) is 0 Å². The molecule has 1 aromatic heterocycles. The fourth-order valence-corrected chi connectivity index (χ4v) is 11.7. The second kappa shape index (κ2) is 17.1. The predicted octanol–water partition coefficient (Wildman–Crippen LogP) is 7.22. The quantitative estimate of drug-likeness (QED) is 0.0871. The summed E-state index contributed by atoms with van der Waals surface area (Å²) >= 11 is 1.75. The number of aromatic amines is 1. The zero-order valence-corrected chi connectivity index (χ0v) is 36.6. The normalized spacial score (nSPS) is 20.6. The number of hydrogen-bond donors (Lipinski definition) is 2. The zero-order chi connectivity index (χ0) is 42.4. The van der Waals surface area contributed by atoms with Crippen molar-refractivity contribution in [3.63, 3.8) is 0 Å². The lowest BCUT2D eigenvalue weighted by molar-refractivity contribution is -0.137. The smallest absolute Gasteiger partial charge is 0.255 e. The summed E-state index contributed by atoms with van der Waals surface area (Å²) in [6.07, 6.45) is 8.26. The number of nitrogens with one attached hydrogen (secondary N) is 2. The number of nitrogens with zero attached hydrogens (tertiary/aromatic N) is 4. The number of ketones is 1. The molecule has 320 valence electrons. The number of hydrogen-bond acceptors (Lipinski definition) is 8. The van der Waals surface area contributed by atoms with Gasteiger partial charge in [0.15, 0.2) is 5.78 Å². The highest BCUT2D eigenvalue weighted by Crippen LogP contribution is 2.46. The van der Waals surface area contributed by atoms with E-state index in [0.29, 0.717) is 31.0 Å². The number of anilines is 1. The number of aromatic nitrogens is 1. The minimum Gasteiger partial charge on any atom is -0.371 e. The zero-order valence-electron chi connectivity index (χ0n) is 35.8. The molecule has 0 radical (unpaired) electrons. The van der Waals surface area contributed by atoms with Crippen molar-refractivity contribution in [3.8, 4) is 0 Å². The number of aryl methyl sites for hydroxylation is 1. The largest absolute Gasteiger partial charge is 0.371 e. The number of thioether (sulfide) groups is 1. The lowest BCUT2D eigenvalue weighted by Crippen LogP contribution is -2.54. The third-order valence-corrected chi connectivity index (χ3v) is 15.3. The number of benzene rings is 3. The molecule has 3 aromatic carbocycles. The molecule has 3 fully saturated rings. The van der Waals surface area contributed by atoms with Gasteiger partial charge < -0.3 is 19.7 Å². The molecule has 9 rings (SSSR count). The molecule has 0 saturated carbocycles. The van der Waals surface area contributed by atoms with E-state index in [1.165, 1.54) is 11.3 Å². The summed E-state index contributed by atoms with van der Waals surface area (Å²) in [6.45, 7) is 12.5.